The Morgan fingerprint density at radius 1 is 1.32 bits per heavy atom. The van der Waals surface area contributed by atoms with E-state index in [1.54, 1.807) is 30.4 Å². The van der Waals surface area contributed by atoms with Crippen LogP contribution in [-0.4, -0.2) is 24.2 Å². The quantitative estimate of drug-likeness (QED) is 0.420. The Morgan fingerprint density at radius 2 is 2.04 bits per heavy atom. The van der Waals surface area contributed by atoms with E-state index in [0.717, 1.165) is 11.8 Å². The second kappa shape index (κ2) is 7.81. The van der Waals surface area contributed by atoms with Gasteiger partial charge >= 0.3 is 5.97 Å². The molecule has 1 aliphatic carbocycles. The summed E-state index contributed by atoms with van der Waals surface area (Å²) in [4.78, 5) is 28.4. The molecule has 1 aromatic rings. The zero-order valence-corrected chi connectivity index (χ0v) is 17.7. The van der Waals surface area contributed by atoms with E-state index in [4.69, 9.17) is 38.4 Å². The van der Waals surface area contributed by atoms with Gasteiger partial charge in [-0.3, -0.25) is 9.59 Å². The molecule has 0 aromatic heterocycles. The van der Waals surface area contributed by atoms with Crippen LogP contribution in [0.4, 0.5) is 0 Å². The van der Waals surface area contributed by atoms with Crippen LogP contribution in [0.1, 0.15) is 19.4 Å². The lowest BCUT2D eigenvalue weighted by Crippen LogP contribution is -2.14. The Kier molecular flexibility index (Phi) is 5.79. The van der Waals surface area contributed by atoms with Crippen molar-refractivity contribution in [1.29, 1.82) is 0 Å². The van der Waals surface area contributed by atoms with Crippen LogP contribution < -0.4 is 15.2 Å². The molecule has 0 unspecified atom stereocenters. The maximum absolute atomic E-state index is 12.6. The minimum absolute atomic E-state index is 0.0872. The predicted molar refractivity (Wildman–Crippen MR) is 111 cm³/mol. The van der Waals surface area contributed by atoms with Crippen molar-refractivity contribution in [2.45, 2.75) is 13.8 Å². The molecule has 0 bridgehead atoms. The second-order valence-corrected chi connectivity index (χ2v) is 9.05. The van der Waals surface area contributed by atoms with Crippen LogP contribution in [0, 0.1) is 17.3 Å². The number of ether oxygens (including phenoxy) is 2. The van der Waals surface area contributed by atoms with Crippen LogP contribution >= 0.6 is 35.0 Å². The van der Waals surface area contributed by atoms with E-state index < -0.39 is 0 Å². The molecule has 28 heavy (non-hydrogen) atoms. The molecule has 0 radical (unpaired) electrons. The number of amidine groups is 1. The Morgan fingerprint density at radius 3 is 2.61 bits per heavy atom. The van der Waals surface area contributed by atoms with Gasteiger partial charge in [-0.15, -0.1) is 0 Å². The number of rotatable bonds is 5. The van der Waals surface area contributed by atoms with Gasteiger partial charge in [0.2, 0.25) is 0 Å². The summed E-state index contributed by atoms with van der Waals surface area (Å²) in [5, 5.41) is 0.210. The lowest BCUT2D eigenvalue weighted by atomic mass is 10.1. The summed E-state index contributed by atoms with van der Waals surface area (Å²) in [5.41, 5.74) is 5.96. The number of carbonyl (C=O) groups excluding carboxylic acids is 2. The molecule has 2 aliphatic rings. The highest BCUT2D eigenvalue weighted by atomic mass is 35.5. The van der Waals surface area contributed by atoms with Crippen molar-refractivity contribution in [1.82, 2.24) is 0 Å². The molecular weight excluding hydrogens is 423 g/mol. The number of aliphatic imine (C=N–C) groups is 1. The second-order valence-electron chi connectivity index (χ2n) is 6.98. The molecule has 0 saturated heterocycles. The zero-order valence-electron chi connectivity index (χ0n) is 15.4. The van der Waals surface area contributed by atoms with Crippen molar-refractivity contribution in [2.24, 2.45) is 28.0 Å². The van der Waals surface area contributed by atoms with Gasteiger partial charge in [0.15, 0.2) is 16.7 Å². The van der Waals surface area contributed by atoms with Crippen LogP contribution in [0.2, 0.25) is 0 Å². The van der Waals surface area contributed by atoms with Gasteiger partial charge in [0.05, 0.1) is 17.9 Å². The zero-order chi connectivity index (χ0) is 20.6. The third-order valence-corrected chi connectivity index (χ3v) is 5.87. The number of hydrogen-bond acceptors (Lipinski definition) is 6. The Hall–Kier alpha value is -1.96. The molecule has 1 aromatic carbocycles. The molecule has 6 nitrogen and oxygen atoms in total. The maximum Gasteiger partial charge on any atom is 0.315 e. The van der Waals surface area contributed by atoms with Crippen LogP contribution in [0.15, 0.2) is 38.7 Å². The van der Waals surface area contributed by atoms with Crippen LogP contribution in [0.25, 0.3) is 6.08 Å². The monoisotopic (exact) mass is 440 g/mol. The van der Waals surface area contributed by atoms with Gasteiger partial charge in [-0.2, -0.15) is 4.99 Å². The third kappa shape index (κ3) is 4.21. The molecule has 1 fully saturated rings. The standard InChI is InChI=1S/C19H18Cl2N2O4S/c1-19(2)10(8-14(20)21)15(19)17(25)27-11-5-4-9(6-12(11)26-3)7-13-16(24)23-18(22)28-13/h4-8,10,15H,1-3H3,(H2,22,23,24)/b13-7-/t10-,15+/m0/s1. The highest BCUT2D eigenvalue weighted by molar-refractivity contribution is 8.18. The number of carbonyl (C=O) groups is 2. The van der Waals surface area contributed by atoms with Crippen molar-refractivity contribution in [2.75, 3.05) is 7.11 Å². The molecule has 148 valence electrons. The largest absolute Gasteiger partial charge is 0.493 e. The maximum atomic E-state index is 12.6. The van der Waals surface area contributed by atoms with Crippen LogP contribution in [0.5, 0.6) is 11.5 Å². The molecule has 2 N–H and O–H groups in total. The van der Waals surface area contributed by atoms with Gasteiger partial charge in [-0.1, -0.05) is 43.1 Å². The van der Waals surface area contributed by atoms with E-state index in [0.29, 0.717) is 22.0 Å². The number of esters is 1. The number of thioether (sulfide) groups is 1. The fourth-order valence-corrected chi connectivity index (χ4v) is 4.13. The first-order valence-corrected chi connectivity index (χ1v) is 9.91. The van der Waals surface area contributed by atoms with E-state index >= 15 is 0 Å². The molecule has 1 heterocycles. The van der Waals surface area contributed by atoms with E-state index in [1.807, 2.05) is 13.8 Å². The summed E-state index contributed by atoms with van der Waals surface area (Å²) >= 11 is 12.6. The van der Waals surface area contributed by atoms with Crippen molar-refractivity contribution >= 4 is 58.1 Å². The normalized spacial score (nSPS) is 24.0. The van der Waals surface area contributed by atoms with Crippen molar-refractivity contribution in [3.63, 3.8) is 0 Å². The average Bonchev–Trinajstić information content (AvgIpc) is 2.97. The average molecular weight is 441 g/mol. The van der Waals surface area contributed by atoms with Gasteiger partial charge in [-0.25, -0.2) is 0 Å². The first-order chi connectivity index (χ1) is 13.1. The molecule has 3 rings (SSSR count). The molecule has 1 aliphatic heterocycles. The molecule has 1 saturated carbocycles. The lowest BCUT2D eigenvalue weighted by molar-refractivity contribution is -0.136. The summed E-state index contributed by atoms with van der Waals surface area (Å²) in [6.45, 7) is 3.90. The van der Waals surface area contributed by atoms with E-state index in [9.17, 15) is 9.59 Å². The summed E-state index contributed by atoms with van der Waals surface area (Å²) in [6.07, 6.45) is 3.31. The van der Waals surface area contributed by atoms with E-state index in [1.165, 1.54) is 7.11 Å². The van der Waals surface area contributed by atoms with Gasteiger partial charge in [0.1, 0.15) is 4.49 Å². The lowest BCUT2D eigenvalue weighted by Gasteiger charge is -2.10. The predicted octanol–water partition coefficient (Wildman–Crippen LogP) is 4.12. The van der Waals surface area contributed by atoms with E-state index in [2.05, 4.69) is 4.99 Å². The fraction of sp³-hybridized carbons (Fsp3) is 0.316. The highest BCUT2D eigenvalue weighted by Gasteiger charge is 2.61. The summed E-state index contributed by atoms with van der Waals surface area (Å²) in [7, 11) is 1.47. The Bertz CT molecular complexity index is 936. The molecular formula is C19H18Cl2N2O4S. The number of hydrogen-bond donors (Lipinski definition) is 1. The fourth-order valence-electron chi connectivity index (χ4n) is 3.18. The minimum atomic E-state index is -0.384. The molecule has 1 amide bonds. The number of allylic oxidation sites excluding steroid dienone is 1. The van der Waals surface area contributed by atoms with Crippen molar-refractivity contribution in [3.8, 4) is 11.5 Å². The first-order valence-electron chi connectivity index (χ1n) is 8.34. The SMILES string of the molecule is COc1cc(/C=C2\SC(N)=NC2=O)ccc1OC(=O)[C@H]1[C@H](C=C(Cl)Cl)C1(C)C. The van der Waals surface area contributed by atoms with Gasteiger partial charge in [-0.05, 0) is 52.9 Å². The number of nitrogens with zero attached hydrogens (tertiary/aromatic N) is 1. The highest BCUT2D eigenvalue weighted by Crippen LogP contribution is 2.60. The topological polar surface area (TPSA) is 91.0 Å². The van der Waals surface area contributed by atoms with Crippen molar-refractivity contribution < 1.29 is 19.1 Å². The molecule has 0 spiro atoms. The molecule has 2 atom stereocenters. The summed E-state index contributed by atoms with van der Waals surface area (Å²) in [5.74, 6) is -0.543. The van der Waals surface area contributed by atoms with Gasteiger partial charge in [0.25, 0.3) is 5.91 Å². The van der Waals surface area contributed by atoms with Crippen LogP contribution in [-0.2, 0) is 9.59 Å². The van der Waals surface area contributed by atoms with Gasteiger partial charge in [0, 0.05) is 0 Å². The number of halogens is 2. The number of nitrogens with two attached hydrogens (primary N) is 1. The third-order valence-electron chi connectivity index (χ3n) is 4.80. The minimum Gasteiger partial charge on any atom is -0.493 e. The van der Waals surface area contributed by atoms with Crippen molar-refractivity contribution in [3.05, 3.63) is 39.2 Å². The number of benzene rings is 1. The Labute approximate surface area is 176 Å². The summed E-state index contributed by atoms with van der Waals surface area (Å²) in [6, 6.07) is 5.00. The molecule has 9 heteroatoms. The number of amides is 1. The van der Waals surface area contributed by atoms with Gasteiger partial charge < -0.3 is 15.2 Å². The number of methoxy groups -OCH3 is 1. The van der Waals surface area contributed by atoms with Crippen LogP contribution in [0.3, 0.4) is 0 Å². The first kappa shape index (κ1) is 20.8. The Balaban J connectivity index is 1.77. The summed E-state index contributed by atoms with van der Waals surface area (Å²) < 4.78 is 11.0. The van der Waals surface area contributed by atoms with E-state index in [-0.39, 0.29) is 38.8 Å². The smallest absolute Gasteiger partial charge is 0.315 e.